The van der Waals surface area contributed by atoms with E-state index in [0.717, 1.165) is 17.3 Å². The molecule has 4 rings (SSSR count). The molecule has 1 saturated carbocycles. The summed E-state index contributed by atoms with van der Waals surface area (Å²) in [7, 11) is 0. The van der Waals surface area contributed by atoms with E-state index in [-0.39, 0.29) is 11.3 Å². The van der Waals surface area contributed by atoms with Gasteiger partial charge in [-0.05, 0) is 55.7 Å². The number of carbonyl (C=O) groups excluding carboxylic acids is 1. The van der Waals surface area contributed by atoms with Crippen LogP contribution in [0.5, 0.6) is 0 Å². The molecule has 1 aliphatic rings. The van der Waals surface area contributed by atoms with Crippen LogP contribution in [0.3, 0.4) is 0 Å². The summed E-state index contributed by atoms with van der Waals surface area (Å²) in [5, 5.41) is 4.42. The van der Waals surface area contributed by atoms with Gasteiger partial charge in [0.05, 0.1) is 0 Å². The molecule has 3 nitrogen and oxygen atoms in total. The zero-order chi connectivity index (χ0) is 16.7. The van der Waals surface area contributed by atoms with Gasteiger partial charge in [-0.1, -0.05) is 34.1 Å². The number of amides is 1. The van der Waals surface area contributed by atoms with Crippen molar-refractivity contribution in [1.82, 2.24) is 10.3 Å². The monoisotopic (exact) mass is 382 g/mol. The molecular formula is C20H19BrN2O. The summed E-state index contributed by atoms with van der Waals surface area (Å²) in [4.78, 5) is 15.9. The number of rotatable bonds is 4. The first-order chi connectivity index (χ1) is 11.6. The van der Waals surface area contributed by atoms with Crippen molar-refractivity contribution in [2.24, 2.45) is 0 Å². The van der Waals surface area contributed by atoms with Gasteiger partial charge in [0.2, 0.25) is 0 Å². The lowest BCUT2D eigenvalue weighted by molar-refractivity contribution is 0.0949. The molecule has 0 unspecified atom stereocenters. The van der Waals surface area contributed by atoms with Gasteiger partial charge in [-0.15, -0.1) is 0 Å². The molecule has 0 atom stereocenters. The van der Waals surface area contributed by atoms with Crippen molar-refractivity contribution in [3.05, 3.63) is 69.8 Å². The number of aryl methyl sites for hydroxylation is 1. The first kappa shape index (κ1) is 15.5. The van der Waals surface area contributed by atoms with E-state index in [1.807, 2.05) is 24.3 Å². The Morgan fingerprint density at radius 3 is 2.58 bits per heavy atom. The van der Waals surface area contributed by atoms with E-state index in [1.165, 1.54) is 22.2 Å². The van der Waals surface area contributed by atoms with Gasteiger partial charge in [-0.3, -0.25) is 4.79 Å². The molecule has 122 valence electrons. The molecule has 4 heteroatoms. The Kier molecular flexibility index (Phi) is 3.72. The van der Waals surface area contributed by atoms with Crippen molar-refractivity contribution in [3.63, 3.8) is 0 Å². The first-order valence-corrected chi connectivity index (χ1v) is 9.00. The summed E-state index contributed by atoms with van der Waals surface area (Å²) in [6.07, 6.45) is 2.24. The van der Waals surface area contributed by atoms with Crippen LogP contribution in [-0.2, 0) is 5.41 Å². The van der Waals surface area contributed by atoms with Crippen LogP contribution >= 0.6 is 15.9 Å². The van der Waals surface area contributed by atoms with Gasteiger partial charge in [0.15, 0.2) is 0 Å². The molecule has 0 spiro atoms. The molecule has 1 aliphatic carbocycles. The van der Waals surface area contributed by atoms with Crippen molar-refractivity contribution < 1.29 is 4.79 Å². The summed E-state index contributed by atoms with van der Waals surface area (Å²) in [6, 6.07) is 15.9. The summed E-state index contributed by atoms with van der Waals surface area (Å²) in [5.74, 6) is -0.00808. The van der Waals surface area contributed by atoms with Crippen molar-refractivity contribution in [2.45, 2.75) is 25.2 Å². The number of H-pyrrole nitrogens is 1. The van der Waals surface area contributed by atoms with Crippen LogP contribution < -0.4 is 5.32 Å². The van der Waals surface area contributed by atoms with E-state index in [1.54, 1.807) is 0 Å². The smallest absolute Gasteiger partial charge is 0.251 e. The number of nitrogens with one attached hydrogen (secondary N) is 2. The van der Waals surface area contributed by atoms with E-state index in [2.05, 4.69) is 57.4 Å². The summed E-state index contributed by atoms with van der Waals surface area (Å²) in [5.41, 5.74) is 4.54. The van der Waals surface area contributed by atoms with Crippen LogP contribution in [0, 0.1) is 6.92 Å². The largest absolute Gasteiger partial charge is 0.358 e. The van der Waals surface area contributed by atoms with Crippen molar-refractivity contribution in [3.8, 4) is 0 Å². The van der Waals surface area contributed by atoms with E-state index < -0.39 is 0 Å². The van der Waals surface area contributed by atoms with Gasteiger partial charge in [-0.25, -0.2) is 0 Å². The Balaban J connectivity index is 1.57. The maximum absolute atomic E-state index is 12.4. The Morgan fingerprint density at radius 1 is 1.17 bits per heavy atom. The van der Waals surface area contributed by atoms with Crippen LogP contribution in [0.1, 0.15) is 34.5 Å². The zero-order valence-electron chi connectivity index (χ0n) is 13.5. The molecule has 2 N–H and O–H groups in total. The average molecular weight is 383 g/mol. The number of carbonyl (C=O) groups is 1. The first-order valence-electron chi connectivity index (χ1n) is 8.21. The fraction of sp³-hybridized carbons (Fsp3) is 0.250. The predicted molar refractivity (Wildman–Crippen MR) is 100 cm³/mol. The molecule has 1 amide bonds. The zero-order valence-corrected chi connectivity index (χ0v) is 15.1. The van der Waals surface area contributed by atoms with Gasteiger partial charge in [0.1, 0.15) is 0 Å². The number of halogens is 1. The van der Waals surface area contributed by atoms with Crippen LogP contribution in [0.2, 0.25) is 0 Å². The fourth-order valence-electron chi connectivity index (χ4n) is 3.58. The number of aromatic nitrogens is 1. The fourth-order valence-corrected chi connectivity index (χ4v) is 3.84. The van der Waals surface area contributed by atoms with Gasteiger partial charge >= 0.3 is 0 Å². The normalized spacial score (nSPS) is 15.4. The SMILES string of the molecule is Cc1[nH]c2ccccc2c1C1(CNC(=O)c2ccc(Br)cc2)CC1. The molecule has 2 aromatic carbocycles. The third-order valence-corrected chi connectivity index (χ3v) is 5.50. The number of benzene rings is 2. The Labute approximate surface area is 149 Å². The molecule has 0 bridgehead atoms. The Hall–Kier alpha value is -2.07. The Bertz CT molecular complexity index is 907. The second-order valence-corrected chi connectivity index (χ2v) is 7.56. The minimum absolute atomic E-state index is 0.00808. The minimum Gasteiger partial charge on any atom is -0.358 e. The van der Waals surface area contributed by atoms with Crippen molar-refractivity contribution in [2.75, 3.05) is 6.54 Å². The summed E-state index contributed by atoms with van der Waals surface area (Å²) in [6.45, 7) is 2.82. The number of para-hydroxylation sites is 1. The highest BCUT2D eigenvalue weighted by Crippen LogP contribution is 2.51. The minimum atomic E-state index is -0.00808. The number of hydrogen-bond donors (Lipinski definition) is 2. The molecule has 1 aromatic heterocycles. The topological polar surface area (TPSA) is 44.9 Å². The number of aromatic amines is 1. The molecule has 1 fully saturated rings. The second-order valence-electron chi connectivity index (χ2n) is 6.64. The maximum Gasteiger partial charge on any atom is 0.251 e. The molecule has 24 heavy (non-hydrogen) atoms. The van der Waals surface area contributed by atoms with E-state index in [0.29, 0.717) is 12.1 Å². The van der Waals surface area contributed by atoms with Crippen molar-refractivity contribution in [1.29, 1.82) is 0 Å². The lowest BCUT2D eigenvalue weighted by Crippen LogP contribution is -2.32. The molecular weight excluding hydrogens is 364 g/mol. The molecule has 3 aromatic rings. The van der Waals surface area contributed by atoms with E-state index in [9.17, 15) is 4.79 Å². The second kappa shape index (κ2) is 5.78. The highest BCUT2D eigenvalue weighted by Gasteiger charge is 2.46. The molecule has 0 radical (unpaired) electrons. The van der Waals surface area contributed by atoms with Gasteiger partial charge in [0, 0.05) is 38.6 Å². The quantitative estimate of drug-likeness (QED) is 0.674. The van der Waals surface area contributed by atoms with Crippen LogP contribution in [0.15, 0.2) is 53.0 Å². The van der Waals surface area contributed by atoms with Crippen molar-refractivity contribution >= 4 is 32.7 Å². The molecule has 1 heterocycles. The standard InChI is InChI=1S/C20H19BrN2O/c1-13-18(16-4-2-3-5-17(16)23-13)20(10-11-20)12-22-19(24)14-6-8-15(21)9-7-14/h2-9,23H,10-12H2,1H3,(H,22,24). The highest BCUT2D eigenvalue weighted by atomic mass is 79.9. The summed E-state index contributed by atoms with van der Waals surface area (Å²) < 4.78 is 0.979. The average Bonchev–Trinajstić information content (AvgIpc) is 3.28. The molecule has 0 aliphatic heterocycles. The van der Waals surface area contributed by atoms with Crippen LogP contribution in [-0.4, -0.2) is 17.4 Å². The lowest BCUT2D eigenvalue weighted by Gasteiger charge is -2.17. The lowest BCUT2D eigenvalue weighted by atomic mass is 9.93. The van der Waals surface area contributed by atoms with Crippen LogP contribution in [0.4, 0.5) is 0 Å². The third kappa shape index (κ3) is 2.65. The number of fused-ring (bicyclic) bond motifs is 1. The maximum atomic E-state index is 12.4. The molecule has 0 saturated heterocycles. The predicted octanol–water partition coefficient (Wildman–Crippen LogP) is 4.70. The highest BCUT2D eigenvalue weighted by molar-refractivity contribution is 9.10. The summed E-state index contributed by atoms with van der Waals surface area (Å²) >= 11 is 3.40. The van der Waals surface area contributed by atoms with Crippen LogP contribution in [0.25, 0.3) is 10.9 Å². The number of hydrogen-bond acceptors (Lipinski definition) is 1. The third-order valence-electron chi connectivity index (χ3n) is 4.97. The van der Waals surface area contributed by atoms with Gasteiger partial charge in [0.25, 0.3) is 5.91 Å². The Morgan fingerprint density at radius 2 is 1.88 bits per heavy atom. The van der Waals surface area contributed by atoms with E-state index >= 15 is 0 Å². The van der Waals surface area contributed by atoms with Gasteiger partial charge < -0.3 is 10.3 Å². The van der Waals surface area contributed by atoms with Gasteiger partial charge in [-0.2, -0.15) is 0 Å². The van der Waals surface area contributed by atoms with E-state index in [4.69, 9.17) is 0 Å².